The molecule has 1 rings (SSSR count). The SMILES string of the molecule is CC(C)C(NS(=O)(=O)c1ccccc1F)C(=O)N(C)C. The zero-order valence-electron chi connectivity index (χ0n) is 11.9. The number of likely N-dealkylation sites (N-methyl/N-ethyl adjacent to an activating group) is 1. The van der Waals surface area contributed by atoms with Crippen LogP contribution < -0.4 is 4.72 Å². The lowest BCUT2D eigenvalue weighted by molar-refractivity contribution is -0.131. The minimum atomic E-state index is -4.09. The third kappa shape index (κ3) is 3.77. The van der Waals surface area contributed by atoms with Crippen LogP contribution in [0.2, 0.25) is 0 Å². The van der Waals surface area contributed by atoms with Crippen LogP contribution in [-0.2, 0) is 14.8 Å². The number of carbonyl (C=O) groups is 1. The second-order valence-corrected chi connectivity index (χ2v) is 6.69. The number of halogens is 1. The first-order valence-electron chi connectivity index (χ1n) is 6.15. The van der Waals surface area contributed by atoms with E-state index in [0.29, 0.717) is 0 Å². The fourth-order valence-corrected chi connectivity index (χ4v) is 3.06. The van der Waals surface area contributed by atoms with Gasteiger partial charge in [-0.2, -0.15) is 4.72 Å². The van der Waals surface area contributed by atoms with Gasteiger partial charge in [0, 0.05) is 14.1 Å². The van der Waals surface area contributed by atoms with Crippen molar-refractivity contribution in [3.63, 3.8) is 0 Å². The van der Waals surface area contributed by atoms with Crippen molar-refractivity contribution in [3.05, 3.63) is 30.1 Å². The third-order valence-electron chi connectivity index (χ3n) is 2.78. The quantitative estimate of drug-likeness (QED) is 0.889. The van der Waals surface area contributed by atoms with Crippen LogP contribution in [0.25, 0.3) is 0 Å². The second-order valence-electron chi connectivity index (χ2n) is 5.01. The van der Waals surface area contributed by atoms with Crippen molar-refractivity contribution in [2.45, 2.75) is 24.8 Å². The Morgan fingerprint density at radius 3 is 2.25 bits per heavy atom. The first-order chi connectivity index (χ1) is 9.16. The van der Waals surface area contributed by atoms with Crippen molar-refractivity contribution in [1.82, 2.24) is 9.62 Å². The van der Waals surface area contributed by atoms with Crippen molar-refractivity contribution in [3.8, 4) is 0 Å². The molecule has 7 heteroatoms. The molecule has 1 amide bonds. The predicted octanol–water partition coefficient (Wildman–Crippen LogP) is 1.22. The highest BCUT2D eigenvalue weighted by Gasteiger charge is 2.30. The number of nitrogens with one attached hydrogen (secondary N) is 1. The van der Waals surface area contributed by atoms with E-state index in [2.05, 4.69) is 4.72 Å². The number of carbonyl (C=O) groups excluding carboxylic acids is 1. The van der Waals surface area contributed by atoms with E-state index >= 15 is 0 Å². The van der Waals surface area contributed by atoms with Crippen molar-refractivity contribution >= 4 is 15.9 Å². The van der Waals surface area contributed by atoms with Crippen LogP contribution in [0.15, 0.2) is 29.2 Å². The number of hydrogen-bond donors (Lipinski definition) is 1. The maximum atomic E-state index is 13.6. The molecule has 1 atom stereocenters. The molecular formula is C13H19FN2O3S. The first kappa shape index (κ1) is 16.6. The summed E-state index contributed by atoms with van der Waals surface area (Å²) >= 11 is 0. The predicted molar refractivity (Wildman–Crippen MR) is 74.0 cm³/mol. The highest BCUT2D eigenvalue weighted by Crippen LogP contribution is 2.16. The van der Waals surface area contributed by atoms with Crippen molar-refractivity contribution in [1.29, 1.82) is 0 Å². The van der Waals surface area contributed by atoms with Gasteiger partial charge in [-0.15, -0.1) is 0 Å². The Morgan fingerprint density at radius 2 is 1.80 bits per heavy atom. The van der Waals surface area contributed by atoms with E-state index in [1.165, 1.54) is 31.1 Å². The van der Waals surface area contributed by atoms with Crippen molar-refractivity contribution in [2.24, 2.45) is 5.92 Å². The maximum absolute atomic E-state index is 13.6. The summed E-state index contributed by atoms with van der Waals surface area (Å²) in [7, 11) is -1.01. The topological polar surface area (TPSA) is 66.5 Å². The molecule has 0 heterocycles. The van der Waals surface area contributed by atoms with Gasteiger partial charge in [0.2, 0.25) is 15.9 Å². The van der Waals surface area contributed by atoms with Crippen LogP contribution in [0.4, 0.5) is 4.39 Å². The highest BCUT2D eigenvalue weighted by molar-refractivity contribution is 7.89. The van der Waals surface area contributed by atoms with Crippen LogP contribution >= 0.6 is 0 Å². The van der Waals surface area contributed by atoms with Gasteiger partial charge in [0.1, 0.15) is 16.8 Å². The van der Waals surface area contributed by atoms with Gasteiger partial charge in [-0.05, 0) is 18.1 Å². The molecule has 1 unspecified atom stereocenters. The number of sulfonamides is 1. The number of benzene rings is 1. The second kappa shape index (κ2) is 6.32. The third-order valence-corrected chi connectivity index (χ3v) is 4.26. The van der Waals surface area contributed by atoms with E-state index in [9.17, 15) is 17.6 Å². The molecule has 0 bridgehead atoms. The molecule has 0 spiro atoms. The monoisotopic (exact) mass is 302 g/mol. The van der Waals surface area contributed by atoms with Crippen LogP contribution in [0.5, 0.6) is 0 Å². The van der Waals surface area contributed by atoms with Crippen LogP contribution in [0, 0.1) is 11.7 Å². The van der Waals surface area contributed by atoms with Gasteiger partial charge >= 0.3 is 0 Å². The van der Waals surface area contributed by atoms with E-state index in [4.69, 9.17) is 0 Å². The summed E-state index contributed by atoms with van der Waals surface area (Å²) in [5.41, 5.74) is 0. The van der Waals surface area contributed by atoms with Gasteiger partial charge in [0.15, 0.2) is 0 Å². The van der Waals surface area contributed by atoms with Crippen LogP contribution in [-0.4, -0.2) is 39.4 Å². The summed E-state index contributed by atoms with van der Waals surface area (Å²) in [6.45, 7) is 3.44. The van der Waals surface area contributed by atoms with E-state index in [1.54, 1.807) is 13.8 Å². The Morgan fingerprint density at radius 1 is 1.25 bits per heavy atom. The van der Waals surface area contributed by atoms with Gasteiger partial charge < -0.3 is 4.90 Å². The number of nitrogens with zero attached hydrogens (tertiary/aromatic N) is 1. The highest BCUT2D eigenvalue weighted by atomic mass is 32.2. The summed E-state index contributed by atoms with van der Waals surface area (Å²) in [6.07, 6.45) is 0. The zero-order chi connectivity index (χ0) is 15.5. The average Bonchev–Trinajstić information content (AvgIpc) is 2.35. The Hall–Kier alpha value is -1.47. The average molecular weight is 302 g/mol. The Bertz CT molecular complexity index is 585. The van der Waals surface area contributed by atoms with Crippen molar-refractivity contribution in [2.75, 3.05) is 14.1 Å². The molecule has 0 aliphatic carbocycles. The molecule has 20 heavy (non-hydrogen) atoms. The summed E-state index contributed by atoms with van der Waals surface area (Å²) in [5, 5.41) is 0. The molecule has 0 fully saturated rings. The molecule has 0 saturated carbocycles. The molecule has 1 aromatic carbocycles. The summed E-state index contributed by atoms with van der Waals surface area (Å²) in [4.78, 5) is 12.8. The minimum absolute atomic E-state index is 0.258. The molecule has 1 aromatic rings. The molecule has 5 nitrogen and oxygen atoms in total. The fraction of sp³-hybridized carbons (Fsp3) is 0.462. The minimum Gasteiger partial charge on any atom is -0.347 e. The molecule has 1 N–H and O–H groups in total. The van der Waals surface area contributed by atoms with Crippen molar-refractivity contribution < 1.29 is 17.6 Å². The van der Waals surface area contributed by atoms with Crippen LogP contribution in [0.1, 0.15) is 13.8 Å². The van der Waals surface area contributed by atoms with E-state index in [1.807, 2.05) is 0 Å². The number of hydrogen-bond acceptors (Lipinski definition) is 3. The van der Waals surface area contributed by atoms with Crippen LogP contribution in [0.3, 0.4) is 0 Å². The first-order valence-corrected chi connectivity index (χ1v) is 7.63. The summed E-state index contributed by atoms with van der Waals surface area (Å²) < 4.78 is 40.2. The van der Waals surface area contributed by atoms with E-state index in [0.717, 1.165) is 12.1 Å². The molecule has 0 aliphatic rings. The Kier molecular flexibility index (Phi) is 5.24. The van der Waals surface area contributed by atoms with E-state index < -0.39 is 26.8 Å². The summed E-state index contributed by atoms with van der Waals surface area (Å²) in [5.74, 6) is -1.48. The molecule has 0 saturated heterocycles. The Balaban J connectivity index is 3.11. The largest absolute Gasteiger partial charge is 0.347 e. The fourth-order valence-electron chi connectivity index (χ4n) is 1.64. The van der Waals surface area contributed by atoms with Gasteiger partial charge in [0.05, 0.1) is 0 Å². The molecule has 0 radical (unpaired) electrons. The van der Waals surface area contributed by atoms with Gasteiger partial charge in [-0.1, -0.05) is 26.0 Å². The lowest BCUT2D eigenvalue weighted by atomic mass is 10.0. The molecule has 0 aromatic heterocycles. The lowest BCUT2D eigenvalue weighted by Crippen LogP contribution is -2.49. The zero-order valence-corrected chi connectivity index (χ0v) is 12.7. The van der Waals surface area contributed by atoms with E-state index in [-0.39, 0.29) is 11.8 Å². The standard InChI is InChI=1S/C13H19FN2O3S/c1-9(2)12(13(17)16(3)4)15-20(18,19)11-8-6-5-7-10(11)14/h5-9,12,15H,1-4H3. The normalized spacial score (nSPS) is 13.3. The van der Waals surface area contributed by atoms with Gasteiger partial charge in [-0.3, -0.25) is 4.79 Å². The number of rotatable bonds is 5. The lowest BCUT2D eigenvalue weighted by Gasteiger charge is -2.24. The summed E-state index contributed by atoms with van der Waals surface area (Å²) in [6, 6.07) is 4.12. The maximum Gasteiger partial charge on any atom is 0.244 e. The molecule has 112 valence electrons. The Labute approximate surface area is 118 Å². The smallest absolute Gasteiger partial charge is 0.244 e. The molecular weight excluding hydrogens is 283 g/mol. The van der Waals surface area contributed by atoms with Gasteiger partial charge in [0.25, 0.3) is 0 Å². The molecule has 0 aliphatic heterocycles. The van der Waals surface area contributed by atoms with Gasteiger partial charge in [-0.25, -0.2) is 12.8 Å². The number of amides is 1.